The highest BCUT2D eigenvalue weighted by Crippen LogP contribution is 2.24. The summed E-state index contributed by atoms with van der Waals surface area (Å²) in [6.07, 6.45) is -4.76. The van der Waals surface area contributed by atoms with Gasteiger partial charge in [-0.25, -0.2) is 0 Å². The van der Waals surface area contributed by atoms with Crippen LogP contribution in [0.25, 0.3) is 0 Å². The van der Waals surface area contributed by atoms with Crippen LogP contribution in [0.5, 0.6) is 5.75 Å². The van der Waals surface area contributed by atoms with Crippen LogP contribution in [0.2, 0.25) is 0 Å². The molecule has 0 radical (unpaired) electrons. The number of anilines is 2. The maximum atomic E-state index is 12.5. The second-order valence-corrected chi connectivity index (χ2v) is 8.49. The first-order chi connectivity index (χ1) is 16.0. The van der Waals surface area contributed by atoms with E-state index in [4.69, 9.17) is 0 Å². The Balaban J connectivity index is 1.41. The Morgan fingerprint density at radius 3 is 1.79 bits per heavy atom. The number of hydrogen-bond acceptors (Lipinski definition) is 5. The lowest BCUT2D eigenvalue weighted by molar-refractivity contribution is -0.274. The van der Waals surface area contributed by atoms with Crippen molar-refractivity contribution in [2.24, 2.45) is 0 Å². The van der Waals surface area contributed by atoms with Gasteiger partial charge in [-0.1, -0.05) is 17.7 Å². The predicted molar refractivity (Wildman–Crippen MR) is 124 cm³/mol. The molecule has 0 unspecified atom stereocenters. The normalized spacial score (nSPS) is 15.1. The number of nitrogens with zero attached hydrogens (tertiary/aromatic N) is 2. The Labute approximate surface area is 196 Å². The van der Waals surface area contributed by atoms with Crippen molar-refractivity contribution in [3.05, 3.63) is 53.1 Å². The second-order valence-electron chi connectivity index (χ2n) is 8.49. The molecule has 34 heavy (non-hydrogen) atoms. The standard InChI is InChI=1S/C24H29F3N4O3/c1-16-12-17(2)23(18(3)13-16)29-22(33)15-31-10-8-30(9-11-31)14-21(32)28-19-4-6-20(7-5-19)34-24(25,26)27/h4-7,12-13H,8-11,14-15H2,1-3H3,(H,28,32)(H,29,33). The molecule has 0 aromatic heterocycles. The van der Waals surface area contributed by atoms with Crippen LogP contribution in [0.3, 0.4) is 0 Å². The van der Waals surface area contributed by atoms with Crippen molar-refractivity contribution in [3.8, 4) is 5.75 Å². The first-order valence-electron chi connectivity index (χ1n) is 11.0. The zero-order valence-corrected chi connectivity index (χ0v) is 19.5. The molecule has 2 amide bonds. The fraction of sp³-hybridized carbons (Fsp3) is 0.417. The molecular formula is C24H29F3N4O3. The zero-order chi connectivity index (χ0) is 24.9. The molecule has 1 fully saturated rings. The third kappa shape index (κ3) is 7.74. The number of aryl methyl sites for hydroxylation is 3. The summed E-state index contributed by atoms with van der Waals surface area (Å²) in [5.41, 5.74) is 4.45. The summed E-state index contributed by atoms with van der Waals surface area (Å²) >= 11 is 0. The molecule has 0 spiro atoms. The summed E-state index contributed by atoms with van der Waals surface area (Å²) < 4.78 is 40.5. The van der Waals surface area contributed by atoms with E-state index < -0.39 is 6.36 Å². The first-order valence-corrected chi connectivity index (χ1v) is 11.0. The second kappa shape index (κ2) is 10.9. The van der Waals surface area contributed by atoms with Gasteiger partial charge in [0.2, 0.25) is 11.8 Å². The lowest BCUT2D eigenvalue weighted by atomic mass is 10.1. The van der Waals surface area contributed by atoms with E-state index in [-0.39, 0.29) is 30.7 Å². The van der Waals surface area contributed by atoms with Gasteiger partial charge in [-0.3, -0.25) is 19.4 Å². The molecule has 2 N–H and O–H groups in total. The highest BCUT2D eigenvalue weighted by Gasteiger charge is 2.31. The van der Waals surface area contributed by atoms with Crippen molar-refractivity contribution < 1.29 is 27.5 Å². The smallest absolute Gasteiger partial charge is 0.406 e. The van der Waals surface area contributed by atoms with Crippen LogP contribution in [-0.2, 0) is 9.59 Å². The number of piperazine rings is 1. The fourth-order valence-electron chi connectivity index (χ4n) is 4.01. The van der Waals surface area contributed by atoms with Crippen LogP contribution in [0.1, 0.15) is 16.7 Å². The largest absolute Gasteiger partial charge is 0.573 e. The Bertz CT molecular complexity index is 994. The monoisotopic (exact) mass is 478 g/mol. The van der Waals surface area contributed by atoms with Crippen LogP contribution in [0.4, 0.5) is 24.5 Å². The summed E-state index contributed by atoms with van der Waals surface area (Å²) in [4.78, 5) is 28.8. The molecule has 0 bridgehead atoms. The highest BCUT2D eigenvalue weighted by molar-refractivity contribution is 5.94. The van der Waals surface area contributed by atoms with E-state index >= 15 is 0 Å². The molecule has 3 rings (SSSR count). The van der Waals surface area contributed by atoms with Crippen molar-refractivity contribution in [2.45, 2.75) is 27.1 Å². The number of rotatable bonds is 7. The maximum Gasteiger partial charge on any atom is 0.573 e. The number of halogens is 3. The van der Waals surface area contributed by atoms with Gasteiger partial charge < -0.3 is 15.4 Å². The molecule has 0 aliphatic carbocycles. The average molecular weight is 479 g/mol. The van der Waals surface area contributed by atoms with Crippen LogP contribution >= 0.6 is 0 Å². The van der Waals surface area contributed by atoms with Crippen LogP contribution in [0, 0.1) is 20.8 Å². The summed E-state index contributed by atoms with van der Waals surface area (Å²) in [6, 6.07) is 9.08. The molecule has 2 aromatic rings. The summed E-state index contributed by atoms with van der Waals surface area (Å²) in [5.74, 6) is -0.682. The molecule has 0 atom stereocenters. The molecule has 1 aliphatic rings. The minimum Gasteiger partial charge on any atom is -0.406 e. The Morgan fingerprint density at radius 1 is 0.853 bits per heavy atom. The van der Waals surface area contributed by atoms with Crippen molar-refractivity contribution >= 4 is 23.2 Å². The molecule has 1 heterocycles. The predicted octanol–water partition coefficient (Wildman–Crippen LogP) is 3.71. The van der Waals surface area contributed by atoms with Gasteiger partial charge >= 0.3 is 6.36 Å². The topological polar surface area (TPSA) is 73.9 Å². The number of hydrogen-bond donors (Lipinski definition) is 2. The van der Waals surface area contributed by atoms with E-state index in [9.17, 15) is 22.8 Å². The Kier molecular flexibility index (Phi) is 8.16. The lowest BCUT2D eigenvalue weighted by Crippen LogP contribution is -2.50. The first kappa shape index (κ1) is 25.5. The number of carbonyl (C=O) groups is 2. The minimum atomic E-state index is -4.76. The van der Waals surface area contributed by atoms with Crippen molar-refractivity contribution in [2.75, 3.05) is 49.9 Å². The molecule has 1 aliphatic heterocycles. The summed E-state index contributed by atoms with van der Waals surface area (Å²) in [6.45, 7) is 8.96. The number of nitrogens with one attached hydrogen (secondary N) is 2. The molecule has 10 heteroatoms. The van der Waals surface area contributed by atoms with E-state index in [1.165, 1.54) is 12.1 Å². The summed E-state index contributed by atoms with van der Waals surface area (Å²) in [7, 11) is 0. The van der Waals surface area contributed by atoms with Gasteiger partial charge in [-0.05, 0) is 56.2 Å². The third-order valence-electron chi connectivity index (χ3n) is 5.51. The van der Waals surface area contributed by atoms with E-state index in [0.29, 0.717) is 31.9 Å². The zero-order valence-electron chi connectivity index (χ0n) is 19.5. The maximum absolute atomic E-state index is 12.5. The van der Waals surface area contributed by atoms with E-state index in [1.807, 2.05) is 42.7 Å². The highest BCUT2D eigenvalue weighted by atomic mass is 19.4. The number of carbonyl (C=O) groups excluding carboxylic acids is 2. The minimum absolute atomic E-state index is 0.0702. The van der Waals surface area contributed by atoms with E-state index in [1.54, 1.807) is 0 Å². The number of amides is 2. The van der Waals surface area contributed by atoms with Gasteiger partial charge in [0.25, 0.3) is 0 Å². The van der Waals surface area contributed by atoms with Gasteiger partial charge in [0.15, 0.2) is 0 Å². The van der Waals surface area contributed by atoms with E-state index in [0.717, 1.165) is 34.5 Å². The molecule has 1 saturated heterocycles. The van der Waals surface area contributed by atoms with Crippen molar-refractivity contribution in [3.63, 3.8) is 0 Å². The van der Waals surface area contributed by atoms with Gasteiger partial charge in [0.05, 0.1) is 13.1 Å². The number of ether oxygens (including phenoxy) is 1. The third-order valence-corrected chi connectivity index (χ3v) is 5.51. The SMILES string of the molecule is Cc1cc(C)c(NC(=O)CN2CCN(CC(=O)Nc3ccc(OC(F)(F)F)cc3)CC2)c(C)c1. The van der Waals surface area contributed by atoms with E-state index in [2.05, 4.69) is 15.4 Å². The Hall–Kier alpha value is -3.11. The molecule has 0 saturated carbocycles. The van der Waals surface area contributed by atoms with Gasteiger partial charge in [0.1, 0.15) is 5.75 Å². The number of alkyl halides is 3. The van der Waals surface area contributed by atoms with Crippen molar-refractivity contribution in [1.82, 2.24) is 9.80 Å². The van der Waals surface area contributed by atoms with Gasteiger partial charge in [-0.15, -0.1) is 13.2 Å². The molecule has 7 nitrogen and oxygen atoms in total. The number of benzene rings is 2. The van der Waals surface area contributed by atoms with Crippen LogP contribution in [0.15, 0.2) is 36.4 Å². The van der Waals surface area contributed by atoms with Crippen LogP contribution in [-0.4, -0.2) is 67.2 Å². The van der Waals surface area contributed by atoms with Gasteiger partial charge in [-0.2, -0.15) is 0 Å². The van der Waals surface area contributed by atoms with Crippen LogP contribution < -0.4 is 15.4 Å². The fourth-order valence-corrected chi connectivity index (χ4v) is 4.01. The molecular weight excluding hydrogens is 449 g/mol. The van der Waals surface area contributed by atoms with Crippen molar-refractivity contribution in [1.29, 1.82) is 0 Å². The molecule has 2 aromatic carbocycles. The summed E-state index contributed by atoms with van der Waals surface area (Å²) in [5, 5.41) is 5.68. The van der Waals surface area contributed by atoms with Gasteiger partial charge in [0, 0.05) is 37.6 Å². The lowest BCUT2D eigenvalue weighted by Gasteiger charge is -2.33. The Morgan fingerprint density at radius 2 is 1.32 bits per heavy atom. The average Bonchev–Trinajstić information content (AvgIpc) is 2.72. The quantitative estimate of drug-likeness (QED) is 0.635. The molecule has 184 valence electrons.